The van der Waals surface area contributed by atoms with Crippen molar-refractivity contribution in [2.45, 2.75) is 18.6 Å². The van der Waals surface area contributed by atoms with E-state index in [9.17, 15) is 14.0 Å². The number of thioether (sulfide) groups is 1. The molecular weight excluding hydrogens is 373 g/mol. The molecule has 134 valence electrons. The number of anilines is 1. The van der Waals surface area contributed by atoms with E-state index in [-0.39, 0.29) is 22.9 Å². The summed E-state index contributed by atoms with van der Waals surface area (Å²) >= 11 is 2.57. The van der Waals surface area contributed by atoms with Gasteiger partial charge in [0.15, 0.2) is 5.16 Å². The fourth-order valence-corrected chi connectivity index (χ4v) is 4.13. The zero-order chi connectivity index (χ0) is 18.7. The third-order valence-electron chi connectivity index (χ3n) is 3.53. The lowest BCUT2D eigenvalue weighted by molar-refractivity contribution is -0.113. The molecule has 0 aliphatic heterocycles. The number of amides is 1. The minimum Gasteiger partial charge on any atom is -0.323 e. The van der Waals surface area contributed by atoms with Crippen LogP contribution in [0.15, 0.2) is 52.9 Å². The quantitative estimate of drug-likeness (QED) is 0.395. The number of hydrogen-bond acceptors (Lipinski definition) is 5. The third-order valence-corrected chi connectivity index (χ3v) is 5.45. The van der Waals surface area contributed by atoms with Crippen molar-refractivity contribution in [1.29, 1.82) is 0 Å². The van der Waals surface area contributed by atoms with Crippen LogP contribution in [0.25, 0.3) is 10.2 Å². The number of nitrogens with one attached hydrogen (secondary N) is 1. The number of aryl methyl sites for hydroxylation is 1. The molecule has 2 aromatic heterocycles. The van der Waals surface area contributed by atoms with Crippen molar-refractivity contribution in [3.8, 4) is 0 Å². The molecule has 0 saturated heterocycles. The average Bonchev–Trinajstić information content (AvgIpc) is 2.99. The number of fused-ring (bicyclic) bond motifs is 1. The highest BCUT2D eigenvalue weighted by molar-refractivity contribution is 7.99. The van der Waals surface area contributed by atoms with E-state index < -0.39 is 5.82 Å². The fourth-order valence-electron chi connectivity index (χ4n) is 2.40. The Balaban J connectivity index is 1.82. The maximum atomic E-state index is 13.6. The van der Waals surface area contributed by atoms with Crippen LogP contribution in [-0.4, -0.2) is 21.2 Å². The van der Waals surface area contributed by atoms with Gasteiger partial charge in [-0.2, -0.15) is 0 Å². The number of aromatic nitrogens is 2. The molecule has 0 radical (unpaired) electrons. The summed E-state index contributed by atoms with van der Waals surface area (Å²) in [6.07, 6.45) is 1.61. The second-order valence-corrected chi connectivity index (χ2v) is 7.67. The van der Waals surface area contributed by atoms with Crippen molar-refractivity contribution >= 4 is 44.9 Å². The summed E-state index contributed by atoms with van der Waals surface area (Å²) in [5.41, 5.74) is -0.0323. The Bertz CT molecular complexity index is 1040. The summed E-state index contributed by atoms with van der Waals surface area (Å²) in [6, 6.07) is 7.77. The number of carbonyl (C=O) groups excluding carboxylic acids is 1. The number of halogens is 1. The molecule has 0 aliphatic rings. The van der Waals surface area contributed by atoms with Gasteiger partial charge >= 0.3 is 0 Å². The van der Waals surface area contributed by atoms with Gasteiger partial charge in [0.25, 0.3) is 5.56 Å². The number of benzene rings is 1. The summed E-state index contributed by atoms with van der Waals surface area (Å²) in [5.74, 6) is -0.863. The van der Waals surface area contributed by atoms with Gasteiger partial charge in [-0.3, -0.25) is 14.2 Å². The van der Waals surface area contributed by atoms with Crippen LogP contribution in [0.5, 0.6) is 0 Å². The smallest absolute Gasteiger partial charge is 0.263 e. The Hall–Kier alpha value is -2.45. The maximum Gasteiger partial charge on any atom is 0.263 e. The van der Waals surface area contributed by atoms with Crippen LogP contribution in [0.1, 0.15) is 4.88 Å². The molecule has 1 aromatic carbocycles. The molecule has 0 saturated carbocycles. The van der Waals surface area contributed by atoms with E-state index in [4.69, 9.17) is 0 Å². The molecule has 3 rings (SSSR count). The van der Waals surface area contributed by atoms with Crippen LogP contribution in [-0.2, 0) is 11.3 Å². The zero-order valence-corrected chi connectivity index (χ0v) is 15.6. The standard InChI is InChI=1S/C18H16FN3O2S2/c1-3-8-22-17(24)12-9-11(2)26-16(12)21-18(22)25-10-15(23)20-14-7-5-4-6-13(14)19/h3-7,9H,1,8,10H2,2H3,(H,20,23). The normalized spacial score (nSPS) is 10.8. The lowest BCUT2D eigenvalue weighted by Gasteiger charge is -2.10. The van der Waals surface area contributed by atoms with Crippen molar-refractivity contribution in [2.75, 3.05) is 11.1 Å². The molecule has 3 aromatic rings. The van der Waals surface area contributed by atoms with Gasteiger partial charge in [-0.1, -0.05) is 30.0 Å². The summed E-state index contributed by atoms with van der Waals surface area (Å²) < 4.78 is 15.1. The monoisotopic (exact) mass is 389 g/mol. The SMILES string of the molecule is C=CCn1c(SCC(=O)Nc2ccccc2F)nc2sc(C)cc2c1=O. The molecule has 0 unspecified atom stereocenters. The molecule has 0 spiro atoms. The van der Waals surface area contributed by atoms with Gasteiger partial charge in [-0.15, -0.1) is 17.9 Å². The lowest BCUT2D eigenvalue weighted by atomic mass is 10.3. The van der Waals surface area contributed by atoms with E-state index in [1.807, 2.05) is 13.0 Å². The molecule has 8 heteroatoms. The number of para-hydroxylation sites is 1. The molecule has 0 atom stereocenters. The van der Waals surface area contributed by atoms with Crippen LogP contribution < -0.4 is 10.9 Å². The third kappa shape index (κ3) is 3.86. The first kappa shape index (κ1) is 18.3. The first-order valence-electron chi connectivity index (χ1n) is 7.78. The zero-order valence-electron chi connectivity index (χ0n) is 14.0. The van der Waals surface area contributed by atoms with Gasteiger partial charge in [0.2, 0.25) is 5.91 Å². The van der Waals surface area contributed by atoms with Gasteiger partial charge in [-0.25, -0.2) is 9.37 Å². The highest BCUT2D eigenvalue weighted by Gasteiger charge is 2.15. The molecule has 26 heavy (non-hydrogen) atoms. The van der Waals surface area contributed by atoms with Crippen molar-refractivity contribution in [3.63, 3.8) is 0 Å². The Kier molecular flexibility index (Phi) is 5.53. The lowest BCUT2D eigenvalue weighted by Crippen LogP contribution is -2.23. The predicted molar refractivity (Wildman–Crippen MR) is 105 cm³/mol. The molecule has 1 amide bonds. The first-order chi connectivity index (χ1) is 12.5. The van der Waals surface area contributed by atoms with E-state index >= 15 is 0 Å². The van der Waals surface area contributed by atoms with Crippen LogP contribution in [0.3, 0.4) is 0 Å². The topological polar surface area (TPSA) is 64.0 Å². The maximum absolute atomic E-state index is 13.6. The van der Waals surface area contributed by atoms with Crippen molar-refractivity contribution in [3.05, 3.63) is 64.0 Å². The van der Waals surface area contributed by atoms with Gasteiger partial charge < -0.3 is 5.32 Å². The Morgan fingerprint density at radius 3 is 2.96 bits per heavy atom. The van der Waals surface area contributed by atoms with E-state index in [0.29, 0.717) is 21.9 Å². The molecule has 2 heterocycles. The Morgan fingerprint density at radius 2 is 2.23 bits per heavy atom. The van der Waals surface area contributed by atoms with Crippen LogP contribution in [0.2, 0.25) is 0 Å². The van der Waals surface area contributed by atoms with E-state index in [0.717, 1.165) is 16.6 Å². The van der Waals surface area contributed by atoms with E-state index in [1.54, 1.807) is 18.2 Å². The van der Waals surface area contributed by atoms with Crippen molar-refractivity contribution in [2.24, 2.45) is 0 Å². The summed E-state index contributed by atoms with van der Waals surface area (Å²) in [6.45, 7) is 5.88. The minimum absolute atomic E-state index is 0.00772. The number of hydrogen-bond donors (Lipinski definition) is 1. The number of thiophene rings is 1. The number of rotatable bonds is 6. The Labute approximate surface area is 157 Å². The highest BCUT2D eigenvalue weighted by Crippen LogP contribution is 2.24. The second-order valence-electron chi connectivity index (χ2n) is 5.49. The van der Waals surface area contributed by atoms with Crippen molar-refractivity contribution in [1.82, 2.24) is 9.55 Å². The first-order valence-corrected chi connectivity index (χ1v) is 9.59. The summed E-state index contributed by atoms with van der Waals surface area (Å²) in [7, 11) is 0. The van der Waals surface area contributed by atoms with Crippen molar-refractivity contribution < 1.29 is 9.18 Å². The molecule has 0 bridgehead atoms. The molecular formula is C18H16FN3O2S2. The van der Waals surface area contributed by atoms with E-state index in [2.05, 4.69) is 16.9 Å². The van der Waals surface area contributed by atoms with E-state index in [1.165, 1.54) is 28.0 Å². The molecule has 0 aliphatic carbocycles. The van der Waals surface area contributed by atoms with Crippen LogP contribution >= 0.6 is 23.1 Å². The van der Waals surface area contributed by atoms with Gasteiger partial charge in [-0.05, 0) is 25.1 Å². The summed E-state index contributed by atoms with van der Waals surface area (Å²) in [5, 5.41) is 3.52. The molecule has 0 fully saturated rings. The minimum atomic E-state index is -0.497. The van der Waals surface area contributed by atoms with Crippen LogP contribution in [0.4, 0.5) is 10.1 Å². The Morgan fingerprint density at radius 1 is 1.46 bits per heavy atom. The predicted octanol–water partition coefficient (Wildman–Crippen LogP) is 3.82. The summed E-state index contributed by atoms with van der Waals surface area (Å²) in [4.78, 5) is 30.9. The average molecular weight is 389 g/mol. The highest BCUT2D eigenvalue weighted by atomic mass is 32.2. The number of nitrogens with zero attached hydrogens (tertiary/aromatic N) is 2. The molecule has 1 N–H and O–H groups in total. The largest absolute Gasteiger partial charge is 0.323 e. The fraction of sp³-hybridized carbons (Fsp3) is 0.167. The van der Waals surface area contributed by atoms with Gasteiger partial charge in [0, 0.05) is 11.4 Å². The molecule has 5 nitrogen and oxygen atoms in total. The van der Waals surface area contributed by atoms with Gasteiger partial charge in [0.05, 0.1) is 16.8 Å². The second kappa shape index (κ2) is 7.84. The number of allylic oxidation sites excluding steroid dienone is 1. The van der Waals surface area contributed by atoms with Gasteiger partial charge in [0.1, 0.15) is 10.6 Å². The number of carbonyl (C=O) groups is 1. The van der Waals surface area contributed by atoms with Crippen LogP contribution in [0, 0.1) is 12.7 Å².